The molecule has 0 atom stereocenters. The van der Waals surface area contributed by atoms with Crippen LogP contribution in [0.4, 0.5) is 0 Å². The molecule has 0 radical (unpaired) electrons. The first-order valence-electron chi connectivity index (χ1n) is 2.27. The van der Waals surface area contributed by atoms with E-state index >= 15 is 0 Å². The zero-order valence-electron chi connectivity index (χ0n) is 6.61. The van der Waals surface area contributed by atoms with E-state index in [-0.39, 0.29) is 84.1 Å². The monoisotopic (exact) mass is 188 g/mol. The van der Waals surface area contributed by atoms with Gasteiger partial charge in [-0.25, -0.2) is 0 Å². The van der Waals surface area contributed by atoms with E-state index in [2.05, 4.69) is 0 Å². The summed E-state index contributed by atoms with van der Waals surface area (Å²) in [5, 5.41) is 17.3. The molecule has 0 aliphatic carbocycles. The summed E-state index contributed by atoms with van der Waals surface area (Å²) in [5.74, 6) is 0.339. The van der Waals surface area contributed by atoms with Crippen LogP contribution in [0, 0.1) is 0 Å². The third kappa shape index (κ3) is 7.53. The van der Waals surface area contributed by atoms with E-state index in [1.165, 1.54) is 24.3 Å². The molecule has 2 nitrogen and oxygen atoms in total. The van der Waals surface area contributed by atoms with Crippen molar-refractivity contribution in [2.45, 2.75) is 0 Å². The van der Waals surface area contributed by atoms with E-state index in [4.69, 9.17) is 10.2 Å². The Kier molecular flexibility index (Phi) is 15.2. The van der Waals surface area contributed by atoms with Crippen LogP contribution in [0.3, 0.4) is 0 Å². The molecule has 0 aliphatic heterocycles. The van der Waals surface area contributed by atoms with Crippen LogP contribution in [-0.4, -0.2) is 10.2 Å². The molecular weight excluding hydrogens is 182 g/mol. The Bertz CT molecular complexity index is 157. The minimum absolute atomic E-state index is 0. The average Bonchev–Trinajstić information content (AvgIpc) is 1.77. The van der Waals surface area contributed by atoms with Gasteiger partial charge in [0.15, 0.2) is 0 Å². The van der Waals surface area contributed by atoms with E-state index in [9.17, 15) is 0 Å². The fourth-order valence-electron chi connectivity index (χ4n) is 0.453. The maximum absolute atomic E-state index is 8.65. The van der Waals surface area contributed by atoms with Gasteiger partial charge in [-0.15, -0.1) is 0 Å². The number of rotatable bonds is 0. The van der Waals surface area contributed by atoms with Gasteiger partial charge in [0.25, 0.3) is 0 Å². The van der Waals surface area contributed by atoms with E-state index in [0.29, 0.717) is 0 Å². The van der Waals surface area contributed by atoms with E-state index in [0.717, 1.165) is 0 Å². The SMILES string of the molecule is Oc1ccc(O)cc1.[Na+].[Na+].[S-2]. The second kappa shape index (κ2) is 9.26. The molecule has 0 unspecified atom stereocenters. The first-order chi connectivity index (χ1) is 3.79. The predicted molar refractivity (Wildman–Crippen MR) is 37.1 cm³/mol. The minimum Gasteiger partial charge on any atom is -2.00 e. The Balaban J connectivity index is -0.000000213. The molecule has 0 aromatic heterocycles. The fraction of sp³-hybridized carbons (Fsp3) is 0. The zero-order chi connectivity index (χ0) is 5.98. The third-order valence-corrected chi connectivity index (χ3v) is 0.850. The van der Waals surface area contributed by atoms with Crippen LogP contribution in [-0.2, 0) is 13.5 Å². The van der Waals surface area contributed by atoms with Crippen LogP contribution in [0.25, 0.3) is 0 Å². The van der Waals surface area contributed by atoms with Gasteiger partial charge < -0.3 is 23.7 Å². The van der Waals surface area contributed by atoms with Gasteiger partial charge in [0.1, 0.15) is 11.5 Å². The minimum atomic E-state index is 0. The van der Waals surface area contributed by atoms with Crippen LogP contribution in [0.15, 0.2) is 24.3 Å². The second-order valence-electron chi connectivity index (χ2n) is 1.52. The summed E-state index contributed by atoms with van der Waals surface area (Å²) in [7, 11) is 0. The normalized spacial score (nSPS) is 6.55. The zero-order valence-corrected chi connectivity index (χ0v) is 11.4. The van der Waals surface area contributed by atoms with Crippen LogP contribution in [0.2, 0.25) is 0 Å². The second-order valence-corrected chi connectivity index (χ2v) is 1.52. The van der Waals surface area contributed by atoms with Crippen molar-refractivity contribution >= 4 is 13.5 Å². The van der Waals surface area contributed by atoms with Gasteiger partial charge in [0, 0.05) is 0 Å². The quantitative estimate of drug-likeness (QED) is 0.316. The molecule has 0 amide bonds. The maximum Gasteiger partial charge on any atom is 1.00 e. The summed E-state index contributed by atoms with van der Waals surface area (Å²) in [6.07, 6.45) is 0. The summed E-state index contributed by atoms with van der Waals surface area (Å²) in [4.78, 5) is 0. The Labute approximate surface area is 117 Å². The molecule has 0 saturated heterocycles. The van der Waals surface area contributed by atoms with Gasteiger partial charge in [-0.05, 0) is 24.3 Å². The summed E-state index contributed by atoms with van der Waals surface area (Å²) in [6, 6.07) is 5.70. The van der Waals surface area contributed by atoms with Gasteiger partial charge in [-0.3, -0.25) is 0 Å². The van der Waals surface area contributed by atoms with Gasteiger partial charge in [0.05, 0.1) is 0 Å². The average molecular weight is 188 g/mol. The number of hydrogen-bond donors (Lipinski definition) is 2. The molecule has 50 valence electrons. The molecule has 0 bridgehead atoms. The Hall–Kier alpha value is 1.17. The molecule has 0 aliphatic rings. The van der Waals surface area contributed by atoms with E-state index < -0.39 is 0 Å². The van der Waals surface area contributed by atoms with Crippen molar-refractivity contribution < 1.29 is 69.3 Å². The number of aromatic hydroxyl groups is 2. The largest absolute Gasteiger partial charge is 2.00 e. The summed E-state index contributed by atoms with van der Waals surface area (Å²) >= 11 is 0. The summed E-state index contributed by atoms with van der Waals surface area (Å²) < 4.78 is 0. The molecule has 0 saturated carbocycles. The molecule has 1 aromatic rings. The van der Waals surface area contributed by atoms with Crippen molar-refractivity contribution in [3.05, 3.63) is 24.3 Å². The molecule has 5 heteroatoms. The number of phenolic OH excluding ortho intramolecular Hbond substituents is 2. The molecule has 0 heterocycles. The van der Waals surface area contributed by atoms with E-state index in [1.807, 2.05) is 0 Å². The smallest absolute Gasteiger partial charge is 1.00 e. The fourth-order valence-corrected chi connectivity index (χ4v) is 0.453. The predicted octanol–water partition coefficient (Wildman–Crippen LogP) is -4.90. The van der Waals surface area contributed by atoms with Crippen molar-refractivity contribution in [3.8, 4) is 11.5 Å². The van der Waals surface area contributed by atoms with Crippen molar-refractivity contribution in [1.82, 2.24) is 0 Å². The Morgan fingerprint density at radius 3 is 1.09 bits per heavy atom. The number of phenols is 2. The Morgan fingerprint density at radius 1 is 0.727 bits per heavy atom. The summed E-state index contributed by atoms with van der Waals surface area (Å²) in [5.41, 5.74) is 0. The molecule has 0 spiro atoms. The van der Waals surface area contributed by atoms with Crippen molar-refractivity contribution in [2.24, 2.45) is 0 Å². The van der Waals surface area contributed by atoms with Gasteiger partial charge in [0.2, 0.25) is 0 Å². The molecule has 1 aromatic carbocycles. The molecule has 1 rings (SSSR count). The number of benzene rings is 1. The summed E-state index contributed by atoms with van der Waals surface area (Å²) in [6.45, 7) is 0. The van der Waals surface area contributed by atoms with Gasteiger partial charge in [-0.2, -0.15) is 0 Å². The van der Waals surface area contributed by atoms with Crippen LogP contribution < -0.4 is 59.1 Å². The van der Waals surface area contributed by atoms with Crippen LogP contribution in [0.5, 0.6) is 11.5 Å². The van der Waals surface area contributed by atoms with Gasteiger partial charge >= 0.3 is 59.1 Å². The molecular formula is C6H6Na2O2S. The number of hydrogen-bond acceptors (Lipinski definition) is 2. The molecule has 0 fully saturated rings. The van der Waals surface area contributed by atoms with Crippen LogP contribution in [0.1, 0.15) is 0 Å². The Morgan fingerprint density at radius 2 is 0.909 bits per heavy atom. The third-order valence-electron chi connectivity index (χ3n) is 0.850. The first kappa shape index (κ1) is 18.1. The van der Waals surface area contributed by atoms with Crippen molar-refractivity contribution in [2.75, 3.05) is 0 Å². The standard InChI is InChI=1S/C6H6O2.2Na.S/c7-5-1-2-6(8)4-3-5;;;/h1-4,7-8H;;;/q;2*+1;-2. The van der Waals surface area contributed by atoms with Crippen molar-refractivity contribution in [1.29, 1.82) is 0 Å². The first-order valence-corrected chi connectivity index (χ1v) is 2.27. The topological polar surface area (TPSA) is 40.5 Å². The van der Waals surface area contributed by atoms with Crippen molar-refractivity contribution in [3.63, 3.8) is 0 Å². The van der Waals surface area contributed by atoms with Gasteiger partial charge in [-0.1, -0.05) is 0 Å². The maximum atomic E-state index is 8.65. The molecule has 11 heavy (non-hydrogen) atoms. The van der Waals surface area contributed by atoms with Crippen LogP contribution >= 0.6 is 0 Å². The van der Waals surface area contributed by atoms with E-state index in [1.54, 1.807) is 0 Å². The molecule has 2 N–H and O–H groups in total.